The largest absolute Gasteiger partial charge is 0.508 e. The molecular formula is C33H36N2O5. The molecule has 208 valence electrons. The van der Waals surface area contributed by atoms with E-state index in [2.05, 4.69) is 16.7 Å². The van der Waals surface area contributed by atoms with Crippen LogP contribution in [0.3, 0.4) is 0 Å². The fraction of sp³-hybridized carbons (Fsp3) is 0.515. The summed E-state index contributed by atoms with van der Waals surface area (Å²) >= 11 is 0. The number of ether oxygens (including phenoxy) is 2. The van der Waals surface area contributed by atoms with E-state index in [-0.39, 0.29) is 35.0 Å². The number of hydrogen-bond acceptors (Lipinski definition) is 6. The fourth-order valence-electron chi connectivity index (χ4n) is 8.22. The van der Waals surface area contributed by atoms with Crippen LogP contribution in [0.5, 0.6) is 17.2 Å². The van der Waals surface area contributed by atoms with Crippen molar-refractivity contribution in [2.45, 2.75) is 76.0 Å². The summed E-state index contributed by atoms with van der Waals surface area (Å²) in [6.45, 7) is 5.45. The Morgan fingerprint density at radius 1 is 1.23 bits per heavy atom. The number of amides is 1. The molecule has 2 saturated carbocycles. The molecule has 2 aromatic rings. The lowest BCUT2D eigenvalue weighted by Gasteiger charge is -2.60. The van der Waals surface area contributed by atoms with Crippen molar-refractivity contribution in [1.29, 1.82) is 0 Å². The quantitative estimate of drug-likeness (QED) is 0.360. The first-order chi connectivity index (χ1) is 19.3. The summed E-state index contributed by atoms with van der Waals surface area (Å²) in [6.07, 6.45) is 5.76. The average molecular weight is 541 g/mol. The minimum absolute atomic E-state index is 0.172. The summed E-state index contributed by atoms with van der Waals surface area (Å²) < 4.78 is 12.4. The molecule has 0 aromatic heterocycles. The fourth-order valence-corrected chi connectivity index (χ4v) is 8.22. The van der Waals surface area contributed by atoms with Crippen LogP contribution in [0.15, 0.2) is 30.3 Å². The van der Waals surface area contributed by atoms with Crippen LogP contribution in [-0.4, -0.2) is 65.1 Å². The summed E-state index contributed by atoms with van der Waals surface area (Å²) in [4.78, 5) is 29.8. The Morgan fingerprint density at radius 2 is 2.05 bits per heavy atom. The molecule has 3 fully saturated rings. The van der Waals surface area contributed by atoms with E-state index in [9.17, 15) is 14.7 Å². The van der Waals surface area contributed by atoms with Gasteiger partial charge in [-0.3, -0.25) is 14.5 Å². The van der Waals surface area contributed by atoms with Crippen LogP contribution in [0, 0.1) is 30.6 Å². The topological polar surface area (TPSA) is 79.3 Å². The first kappa shape index (κ1) is 25.5. The Balaban J connectivity index is 1.28. The Hall–Kier alpha value is -3.50. The zero-order valence-corrected chi connectivity index (χ0v) is 23.4. The van der Waals surface area contributed by atoms with Gasteiger partial charge in [-0.15, -0.1) is 0 Å². The number of phenols is 1. The third-order valence-electron chi connectivity index (χ3n) is 10.1. The molecule has 3 aliphatic carbocycles. The van der Waals surface area contributed by atoms with Crippen molar-refractivity contribution >= 4 is 11.9 Å². The van der Waals surface area contributed by atoms with Crippen molar-refractivity contribution in [3.05, 3.63) is 52.6 Å². The van der Waals surface area contributed by atoms with Crippen LogP contribution >= 0.6 is 0 Å². The number of carbonyl (C=O) groups is 2. The second-order valence-electron chi connectivity index (χ2n) is 12.5. The second kappa shape index (κ2) is 9.27. The minimum Gasteiger partial charge on any atom is -0.508 e. The van der Waals surface area contributed by atoms with Gasteiger partial charge < -0.3 is 19.5 Å². The van der Waals surface area contributed by atoms with E-state index in [0.717, 1.165) is 66.9 Å². The van der Waals surface area contributed by atoms with Gasteiger partial charge in [0.15, 0.2) is 11.5 Å². The Morgan fingerprint density at radius 3 is 2.80 bits per heavy atom. The van der Waals surface area contributed by atoms with E-state index in [1.807, 2.05) is 38.2 Å². The third kappa shape index (κ3) is 3.91. The number of benzene rings is 2. The maximum atomic E-state index is 13.4. The van der Waals surface area contributed by atoms with Crippen LogP contribution in [0.25, 0.3) is 0 Å². The maximum Gasteiger partial charge on any atom is 0.308 e. The molecule has 7 rings (SSSR count). The zero-order valence-electron chi connectivity index (χ0n) is 23.4. The van der Waals surface area contributed by atoms with Gasteiger partial charge >= 0.3 is 5.97 Å². The van der Waals surface area contributed by atoms with Crippen LogP contribution in [0.2, 0.25) is 0 Å². The van der Waals surface area contributed by atoms with Crippen molar-refractivity contribution in [2.24, 2.45) is 11.8 Å². The van der Waals surface area contributed by atoms with Crippen LogP contribution < -0.4 is 9.47 Å². The lowest BCUT2D eigenvalue weighted by molar-refractivity contribution is -0.134. The SMILES string of the molecule is CC(=O)Oc1cc(O)c2c3c1O[C@H]1[C@H](N(C)C(=O)C#Cc4cccc(C)c4)CC[C@H]4[C@@H](C2)N(CC2CC2)CC[C@@]341. The Bertz CT molecular complexity index is 1470. The van der Waals surface area contributed by atoms with Gasteiger partial charge in [-0.25, -0.2) is 0 Å². The Kier molecular flexibility index (Phi) is 5.90. The molecule has 1 N–H and O–H groups in total. The highest BCUT2D eigenvalue weighted by atomic mass is 16.6. The second-order valence-corrected chi connectivity index (χ2v) is 12.5. The highest BCUT2D eigenvalue weighted by molar-refractivity contribution is 5.94. The number of carbonyl (C=O) groups excluding carboxylic acids is 2. The highest BCUT2D eigenvalue weighted by Gasteiger charge is 2.67. The summed E-state index contributed by atoms with van der Waals surface area (Å²) in [5.41, 5.74) is 3.51. The van der Waals surface area contributed by atoms with E-state index < -0.39 is 5.97 Å². The number of aryl methyl sites for hydroxylation is 1. The lowest BCUT2D eigenvalue weighted by atomic mass is 9.50. The first-order valence-electron chi connectivity index (χ1n) is 14.6. The number of rotatable bonds is 4. The van der Waals surface area contributed by atoms with E-state index >= 15 is 0 Å². The molecule has 2 aliphatic heterocycles. The van der Waals surface area contributed by atoms with Crippen molar-refractivity contribution in [3.8, 4) is 29.1 Å². The highest BCUT2D eigenvalue weighted by Crippen LogP contribution is 2.65. The summed E-state index contributed by atoms with van der Waals surface area (Å²) in [7, 11) is 1.83. The van der Waals surface area contributed by atoms with E-state index in [4.69, 9.17) is 9.47 Å². The number of phenolic OH excluding ortho intramolecular Hbond substituents is 1. The van der Waals surface area contributed by atoms with Gasteiger partial charge in [0.1, 0.15) is 11.9 Å². The molecule has 7 heteroatoms. The monoisotopic (exact) mass is 540 g/mol. The van der Waals surface area contributed by atoms with Crippen LogP contribution in [0.1, 0.15) is 61.3 Å². The third-order valence-corrected chi connectivity index (χ3v) is 10.1. The number of aromatic hydroxyl groups is 1. The molecule has 2 bridgehead atoms. The van der Waals surface area contributed by atoms with Crippen LogP contribution in [-0.2, 0) is 21.4 Å². The molecule has 2 aromatic carbocycles. The summed E-state index contributed by atoms with van der Waals surface area (Å²) in [5.74, 6) is 7.37. The number of likely N-dealkylation sites (N-methyl/N-ethyl adjacent to an activating group) is 1. The lowest BCUT2D eigenvalue weighted by Crippen LogP contribution is -2.69. The van der Waals surface area contributed by atoms with Crippen molar-refractivity contribution < 1.29 is 24.2 Å². The molecule has 2 heterocycles. The van der Waals surface area contributed by atoms with Gasteiger partial charge in [0.2, 0.25) is 0 Å². The van der Waals surface area contributed by atoms with E-state index in [1.54, 1.807) is 11.0 Å². The molecule has 1 amide bonds. The number of likely N-dealkylation sites (tertiary alicyclic amines) is 1. The molecule has 0 radical (unpaired) electrons. The maximum absolute atomic E-state index is 13.4. The number of esters is 1. The molecule has 5 aliphatic rings. The zero-order chi connectivity index (χ0) is 27.8. The average Bonchev–Trinajstić information content (AvgIpc) is 3.67. The van der Waals surface area contributed by atoms with Crippen molar-refractivity contribution in [1.82, 2.24) is 9.80 Å². The predicted octanol–water partition coefficient (Wildman–Crippen LogP) is 3.95. The Labute approximate surface area is 235 Å². The van der Waals surface area contributed by atoms with Gasteiger partial charge in [0.05, 0.1) is 6.04 Å². The molecule has 40 heavy (non-hydrogen) atoms. The molecule has 0 unspecified atom stereocenters. The summed E-state index contributed by atoms with van der Waals surface area (Å²) in [6, 6.07) is 9.53. The molecule has 7 nitrogen and oxygen atoms in total. The van der Waals surface area contributed by atoms with Crippen LogP contribution in [0.4, 0.5) is 0 Å². The minimum atomic E-state index is -0.452. The molecule has 5 atom stereocenters. The normalized spacial score (nSPS) is 29.5. The van der Waals surface area contributed by atoms with Crippen molar-refractivity contribution in [3.63, 3.8) is 0 Å². The van der Waals surface area contributed by atoms with Gasteiger partial charge in [-0.2, -0.15) is 0 Å². The van der Waals surface area contributed by atoms with Gasteiger partial charge in [-0.1, -0.05) is 18.1 Å². The standard InChI is InChI=1S/C33H36N2O5/c1-19-5-4-6-21(15-19)9-12-29(38)34(3)25-11-10-24-26-16-23-27(37)17-28(39-20(2)36)31-30(23)33(24,32(25)40-31)13-14-35(26)18-22-7-8-22/h4-6,15,17,22,24-26,32,37H,7-8,10-11,13-14,16,18H2,1-3H3/t24-,25+,26+,32-,33-/m0/s1. The van der Waals surface area contributed by atoms with Gasteiger partial charge in [0.25, 0.3) is 5.91 Å². The van der Waals surface area contributed by atoms with E-state index in [1.165, 1.54) is 19.8 Å². The number of piperidine rings is 1. The molecule has 1 spiro atoms. The van der Waals surface area contributed by atoms with Crippen molar-refractivity contribution in [2.75, 3.05) is 20.1 Å². The first-order valence-corrected chi connectivity index (χ1v) is 14.6. The van der Waals surface area contributed by atoms with Gasteiger partial charge in [0, 0.05) is 60.7 Å². The smallest absolute Gasteiger partial charge is 0.308 e. The molecule has 1 saturated heterocycles. The number of hydrogen-bond donors (Lipinski definition) is 1. The predicted molar refractivity (Wildman–Crippen MR) is 149 cm³/mol. The van der Waals surface area contributed by atoms with Gasteiger partial charge in [-0.05, 0) is 81.5 Å². The van der Waals surface area contributed by atoms with E-state index in [0.29, 0.717) is 17.7 Å². The number of nitrogens with zero attached hydrogens (tertiary/aromatic N) is 2. The molecular weight excluding hydrogens is 504 g/mol. The summed E-state index contributed by atoms with van der Waals surface area (Å²) in [5, 5.41) is 11.2.